The molecule has 0 unspecified atom stereocenters. The first-order valence-electron chi connectivity index (χ1n) is 7.54. The number of aromatic nitrogens is 3. The van der Waals surface area contributed by atoms with Gasteiger partial charge in [0.2, 0.25) is 0 Å². The predicted molar refractivity (Wildman–Crippen MR) is 82.1 cm³/mol. The Hall–Kier alpha value is -2.21. The zero-order chi connectivity index (χ0) is 15.5. The van der Waals surface area contributed by atoms with Crippen molar-refractivity contribution in [2.24, 2.45) is 0 Å². The average molecular weight is 300 g/mol. The molecule has 1 amide bonds. The van der Waals surface area contributed by atoms with Crippen molar-refractivity contribution in [3.8, 4) is 5.69 Å². The van der Waals surface area contributed by atoms with E-state index >= 15 is 0 Å². The van der Waals surface area contributed by atoms with Gasteiger partial charge in [-0.1, -0.05) is 22.9 Å². The molecule has 116 valence electrons. The van der Waals surface area contributed by atoms with Crippen LogP contribution in [0.4, 0.5) is 0 Å². The zero-order valence-electron chi connectivity index (χ0n) is 12.9. The third-order valence-electron chi connectivity index (χ3n) is 3.90. The van der Waals surface area contributed by atoms with Gasteiger partial charge in [0.05, 0.1) is 17.5 Å². The fraction of sp³-hybridized carbons (Fsp3) is 0.438. The summed E-state index contributed by atoms with van der Waals surface area (Å²) in [5.74, 6) is -0.202. The van der Waals surface area contributed by atoms with Crippen molar-refractivity contribution in [3.63, 3.8) is 0 Å². The average Bonchev–Trinajstić information content (AvgIpc) is 3.15. The standard InChI is InChI=1S/C16H20N4O2/c1-11-5-7-13(8-6-11)20-12(2)15(18-19-20)16(21)17-10-14-4-3-9-22-14/h5-8,14H,3-4,9-10H2,1-2H3,(H,17,21)/t14-/m0/s1. The van der Waals surface area contributed by atoms with Gasteiger partial charge in [0, 0.05) is 13.2 Å². The van der Waals surface area contributed by atoms with Crippen LogP contribution in [0.3, 0.4) is 0 Å². The summed E-state index contributed by atoms with van der Waals surface area (Å²) in [6.07, 6.45) is 2.18. The number of hydrogen-bond acceptors (Lipinski definition) is 4. The molecular weight excluding hydrogens is 280 g/mol. The number of carbonyl (C=O) groups excluding carboxylic acids is 1. The van der Waals surface area contributed by atoms with Crippen molar-refractivity contribution in [2.45, 2.75) is 32.8 Å². The normalized spacial score (nSPS) is 17.6. The first kappa shape index (κ1) is 14.7. The van der Waals surface area contributed by atoms with Gasteiger partial charge in [-0.25, -0.2) is 4.68 Å². The highest BCUT2D eigenvalue weighted by molar-refractivity contribution is 5.93. The maximum Gasteiger partial charge on any atom is 0.273 e. The summed E-state index contributed by atoms with van der Waals surface area (Å²) in [4.78, 5) is 12.2. The highest BCUT2D eigenvalue weighted by atomic mass is 16.5. The number of ether oxygens (including phenoxy) is 1. The smallest absolute Gasteiger partial charge is 0.273 e. The molecule has 1 aliphatic heterocycles. The molecule has 0 aliphatic carbocycles. The Bertz CT molecular complexity index is 657. The van der Waals surface area contributed by atoms with Gasteiger partial charge >= 0.3 is 0 Å². The van der Waals surface area contributed by atoms with E-state index in [2.05, 4.69) is 15.6 Å². The minimum Gasteiger partial charge on any atom is -0.376 e. The minimum atomic E-state index is -0.202. The molecule has 0 bridgehead atoms. The van der Waals surface area contributed by atoms with E-state index in [4.69, 9.17) is 4.74 Å². The SMILES string of the molecule is Cc1ccc(-n2nnc(C(=O)NC[C@@H]3CCCO3)c2C)cc1. The van der Waals surface area contributed by atoms with Gasteiger partial charge in [-0.3, -0.25) is 4.79 Å². The van der Waals surface area contributed by atoms with Gasteiger partial charge in [-0.2, -0.15) is 0 Å². The molecule has 6 heteroatoms. The van der Waals surface area contributed by atoms with Crippen LogP contribution in [0.1, 0.15) is 34.6 Å². The lowest BCUT2D eigenvalue weighted by molar-refractivity contribution is 0.0853. The molecule has 1 saturated heterocycles. The second-order valence-electron chi connectivity index (χ2n) is 5.62. The molecule has 3 rings (SSSR count). The molecule has 1 N–H and O–H groups in total. The van der Waals surface area contributed by atoms with Crippen LogP contribution in [0, 0.1) is 13.8 Å². The Morgan fingerprint density at radius 2 is 2.14 bits per heavy atom. The number of benzene rings is 1. The fourth-order valence-electron chi connectivity index (χ4n) is 2.57. The van der Waals surface area contributed by atoms with E-state index in [1.807, 2.05) is 38.1 Å². The monoisotopic (exact) mass is 300 g/mol. The highest BCUT2D eigenvalue weighted by Gasteiger charge is 2.20. The Kier molecular flexibility index (Phi) is 4.20. The summed E-state index contributed by atoms with van der Waals surface area (Å²) >= 11 is 0. The fourth-order valence-corrected chi connectivity index (χ4v) is 2.57. The van der Waals surface area contributed by atoms with Crippen LogP contribution >= 0.6 is 0 Å². The minimum absolute atomic E-state index is 0.122. The Balaban J connectivity index is 1.72. The van der Waals surface area contributed by atoms with Crippen molar-refractivity contribution in [1.29, 1.82) is 0 Å². The number of carbonyl (C=O) groups is 1. The molecule has 0 saturated carbocycles. The van der Waals surface area contributed by atoms with E-state index in [-0.39, 0.29) is 12.0 Å². The Morgan fingerprint density at radius 1 is 1.36 bits per heavy atom. The number of nitrogens with zero attached hydrogens (tertiary/aromatic N) is 3. The van der Waals surface area contributed by atoms with Crippen LogP contribution in [0.5, 0.6) is 0 Å². The molecule has 2 heterocycles. The van der Waals surface area contributed by atoms with E-state index in [0.717, 1.165) is 30.8 Å². The molecule has 0 radical (unpaired) electrons. The number of rotatable bonds is 4. The van der Waals surface area contributed by atoms with Crippen molar-refractivity contribution < 1.29 is 9.53 Å². The molecule has 1 aliphatic rings. The molecule has 1 aromatic heterocycles. The number of nitrogens with one attached hydrogen (secondary N) is 1. The van der Waals surface area contributed by atoms with Crippen LogP contribution in [0.15, 0.2) is 24.3 Å². The van der Waals surface area contributed by atoms with Gasteiger partial charge in [0.25, 0.3) is 5.91 Å². The molecule has 1 aromatic carbocycles. The number of hydrogen-bond donors (Lipinski definition) is 1. The number of amides is 1. The molecular formula is C16H20N4O2. The summed E-state index contributed by atoms with van der Waals surface area (Å²) < 4.78 is 7.18. The Labute approximate surface area is 129 Å². The van der Waals surface area contributed by atoms with Crippen molar-refractivity contribution in [3.05, 3.63) is 41.2 Å². The summed E-state index contributed by atoms with van der Waals surface area (Å²) in [6, 6.07) is 7.94. The maximum absolute atomic E-state index is 12.2. The van der Waals surface area contributed by atoms with Gasteiger partial charge in [0.15, 0.2) is 5.69 Å². The summed E-state index contributed by atoms with van der Waals surface area (Å²) in [6.45, 7) is 5.18. The topological polar surface area (TPSA) is 69.0 Å². The lowest BCUT2D eigenvalue weighted by Crippen LogP contribution is -2.32. The van der Waals surface area contributed by atoms with Crippen molar-refractivity contribution in [2.75, 3.05) is 13.2 Å². The van der Waals surface area contributed by atoms with Crippen molar-refractivity contribution in [1.82, 2.24) is 20.3 Å². The van der Waals surface area contributed by atoms with Gasteiger partial charge < -0.3 is 10.1 Å². The second-order valence-corrected chi connectivity index (χ2v) is 5.62. The van der Waals surface area contributed by atoms with Gasteiger partial charge in [-0.15, -0.1) is 5.10 Å². The van der Waals surface area contributed by atoms with E-state index in [1.54, 1.807) is 4.68 Å². The van der Waals surface area contributed by atoms with E-state index in [1.165, 1.54) is 5.56 Å². The van der Waals surface area contributed by atoms with Crippen LogP contribution in [0.2, 0.25) is 0 Å². The van der Waals surface area contributed by atoms with Crippen LogP contribution in [-0.4, -0.2) is 40.2 Å². The first-order valence-corrected chi connectivity index (χ1v) is 7.54. The first-order chi connectivity index (χ1) is 10.6. The van der Waals surface area contributed by atoms with Crippen LogP contribution in [0.25, 0.3) is 5.69 Å². The van der Waals surface area contributed by atoms with Gasteiger partial charge in [0.1, 0.15) is 0 Å². The summed E-state index contributed by atoms with van der Waals surface area (Å²) in [7, 11) is 0. The highest BCUT2D eigenvalue weighted by Crippen LogP contribution is 2.14. The second kappa shape index (κ2) is 6.27. The van der Waals surface area contributed by atoms with E-state index < -0.39 is 0 Å². The maximum atomic E-state index is 12.2. The van der Waals surface area contributed by atoms with Gasteiger partial charge in [-0.05, 0) is 38.8 Å². The molecule has 2 aromatic rings. The summed E-state index contributed by atoms with van der Waals surface area (Å²) in [5.41, 5.74) is 3.16. The number of aryl methyl sites for hydroxylation is 1. The zero-order valence-corrected chi connectivity index (χ0v) is 12.9. The molecule has 22 heavy (non-hydrogen) atoms. The van der Waals surface area contributed by atoms with Crippen LogP contribution in [-0.2, 0) is 4.74 Å². The third kappa shape index (κ3) is 3.01. The lowest BCUT2D eigenvalue weighted by Gasteiger charge is -2.10. The molecule has 0 spiro atoms. The molecule has 1 atom stereocenters. The lowest BCUT2D eigenvalue weighted by atomic mass is 10.2. The third-order valence-corrected chi connectivity index (χ3v) is 3.90. The Morgan fingerprint density at radius 3 is 2.82 bits per heavy atom. The quantitative estimate of drug-likeness (QED) is 0.934. The van der Waals surface area contributed by atoms with E-state index in [9.17, 15) is 4.79 Å². The largest absolute Gasteiger partial charge is 0.376 e. The molecule has 6 nitrogen and oxygen atoms in total. The predicted octanol–water partition coefficient (Wildman–Crippen LogP) is 1.79. The molecule has 1 fully saturated rings. The van der Waals surface area contributed by atoms with Crippen LogP contribution < -0.4 is 5.32 Å². The summed E-state index contributed by atoms with van der Waals surface area (Å²) in [5, 5.41) is 11.0. The van der Waals surface area contributed by atoms with Crippen molar-refractivity contribution >= 4 is 5.91 Å². The van der Waals surface area contributed by atoms with E-state index in [0.29, 0.717) is 12.2 Å².